The molecule has 2 heterocycles. The molecule has 0 fully saturated rings. The standard InChI is InChI=1S/C16H14N4O3S/c1-24(23,15-8-4-5-9-17-15)20-14(21)10-13-11-6-2-3-7-12(11)16(22)19-18-13/h2-9H,10H2,1H3,(H,19,22). The predicted molar refractivity (Wildman–Crippen MR) is 90.1 cm³/mol. The summed E-state index contributed by atoms with van der Waals surface area (Å²) in [5.41, 5.74) is 0.0571. The van der Waals surface area contributed by atoms with Crippen molar-refractivity contribution in [2.45, 2.75) is 11.4 Å². The second kappa shape index (κ2) is 6.32. The maximum atomic E-state index is 12.6. The third-order valence-electron chi connectivity index (χ3n) is 3.40. The first-order valence-electron chi connectivity index (χ1n) is 7.10. The fourth-order valence-electron chi connectivity index (χ4n) is 2.29. The molecule has 1 aromatic carbocycles. The van der Waals surface area contributed by atoms with E-state index in [4.69, 9.17) is 0 Å². The largest absolute Gasteiger partial charge is 0.272 e. The smallest absolute Gasteiger partial charge is 0.271 e. The highest BCUT2D eigenvalue weighted by Crippen LogP contribution is 2.14. The molecule has 0 aliphatic rings. The Balaban J connectivity index is 1.97. The van der Waals surface area contributed by atoms with Crippen molar-refractivity contribution < 1.29 is 9.00 Å². The summed E-state index contributed by atoms with van der Waals surface area (Å²) in [6.07, 6.45) is 2.70. The maximum absolute atomic E-state index is 12.6. The quantitative estimate of drug-likeness (QED) is 0.777. The molecule has 7 nitrogen and oxygen atoms in total. The SMILES string of the molecule is CS(=O)(=NC(=O)Cc1n[nH]c(=O)c2ccccc12)c1ccccn1. The molecule has 0 bridgehead atoms. The number of rotatable bonds is 3. The number of hydrogen-bond acceptors (Lipinski definition) is 5. The summed E-state index contributed by atoms with van der Waals surface area (Å²) in [5, 5.41) is 7.55. The van der Waals surface area contributed by atoms with Gasteiger partial charge in [0.2, 0.25) is 0 Å². The Kier molecular flexibility index (Phi) is 4.22. The van der Waals surface area contributed by atoms with Gasteiger partial charge in [0.05, 0.1) is 27.2 Å². The van der Waals surface area contributed by atoms with Crippen molar-refractivity contribution in [1.82, 2.24) is 15.2 Å². The van der Waals surface area contributed by atoms with E-state index < -0.39 is 15.6 Å². The summed E-state index contributed by atoms with van der Waals surface area (Å²) in [4.78, 5) is 28.0. The van der Waals surface area contributed by atoms with Crippen LogP contribution in [0.3, 0.4) is 0 Å². The Morgan fingerprint density at radius 2 is 1.88 bits per heavy atom. The fraction of sp³-hybridized carbons (Fsp3) is 0.125. The first-order valence-corrected chi connectivity index (χ1v) is 9.02. The number of benzene rings is 1. The number of amides is 1. The van der Waals surface area contributed by atoms with Gasteiger partial charge in [-0.05, 0) is 18.2 Å². The van der Waals surface area contributed by atoms with Gasteiger partial charge in [0.15, 0.2) is 0 Å². The number of pyridine rings is 1. The summed E-state index contributed by atoms with van der Waals surface area (Å²) in [5.74, 6) is -0.585. The van der Waals surface area contributed by atoms with Crippen LogP contribution in [0.1, 0.15) is 5.69 Å². The van der Waals surface area contributed by atoms with Gasteiger partial charge in [-0.2, -0.15) is 9.46 Å². The third-order valence-corrected chi connectivity index (χ3v) is 4.97. The van der Waals surface area contributed by atoms with Gasteiger partial charge in [0, 0.05) is 17.8 Å². The summed E-state index contributed by atoms with van der Waals surface area (Å²) < 4.78 is 16.4. The lowest BCUT2D eigenvalue weighted by Crippen LogP contribution is -2.14. The predicted octanol–water partition coefficient (Wildman–Crippen LogP) is 1.54. The minimum atomic E-state index is -2.93. The molecular formula is C16H14N4O3S. The molecule has 1 N–H and O–H groups in total. The maximum Gasteiger partial charge on any atom is 0.272 e. The Labute approximate surface area is 137 Å². The number of fused-ring (bicyclic) bond motifs is 1. The van der Waals surface area contributed by atoms with Crippen molar-refractivity contribution in [1.29, 1.82) is 0 Å². The molecule has 1 unspecified atom stereocenters. The third kappa shape index (κ3) is 3.23. The molecule has 0 radical (unpaired) electrons. The average Bonchev–Trinajstić information content (AvgIpc) is 2.58. The molecule has 1 amide bonds. The summed E-state index contributed by atoms with van der Waals surface area (Å²) in [7, 11) is -2.93. The number of hydrogen-bond donors (Lipinski definition) is 1. The van der Waals surface area contributed by atoms with Crippen LogP contribution in [0.4, 0.5) is 0 Å². The molecule has 3 rings (SSSR count). The zero-order valence-electron chi connectivity index (χ0n) is 12.8. The van der Waals surface area contributed by atoms with Crippen molar-refractivity contribution in [3.63, 3.8) is 0 Å². The van der Waals surface area contributed by atoms with Gasteiger partial charge in [-0.15, -0.1) is 0 Å². The van der Waals surface area contributed by atoms with E-state index in [0.717, 1.165) is 0 Å². The van der Waals surface area contributed by atoms with E-state index in [9.17, 15) is 13.8 Å². The lowest BCUT2D eigenvalue weighted by molar-refractivity contribution is -0.117. The number of nitrogens with one attached hydrogen (secondary N) is 1. The number of nitrogens with zero attached hydrogens (tertiary/aromatic N) is 3. The number of H-pyrrole nitrogens is 1. The van der Waals surface area contributed by atoms with Crippen molar-refractivity contribution in [2.75, 3.05) is 6.26 Å². The first-order chi connectivity index (χ1) is 11.5. The monoisotopic (exact) mass is 342 g/mol. The van der Waals surface area contributed by atoms with Gasteiger partial charge in [-0.25, -0.2) is 14.3 Å². The zero-order valence-corrected chi connectivity index (χ0v) is 13.6. The van der Waals surface area contributed by atoms with Crippen LogP contribution in [0.2, 0.25) is 0 Å². The second-order valence-corrected chi connectivity index (χ2v) is 7.38. The lowest BCUT2D eigenvalue weighted by Gasteiger charge is -2.04. The van der Waals surface area contributed by atoms with Crippen LogP contribution in [-0.4, -0.2) is 31.6 Å². The first kappa shape index (κ1) is 16.0. The number of aromatic nitrogens is 3. The Bertz CT molecular complexity index is 1080. The average molecular weight is 342 g/mol. The molecule has 24 heavy (non-hydrogen) atoms. The van der Waals surface area contributed by atoms with Crippen LogP contribution in [-0.2, 0) is 20.9 Å². The van der Waals surface area contributed by atoms with Crippen LogP contribution >= 0.6 is 0 Å². The van der Waals surface area contributed by atoms with E-state index in [1.165, 1.54) is 12.5 Å². The molecule has 0 saturated carbocycles. The van der Waals surface area contributed by atoms with Gasteiger partial charge < -0.3 is 0 Å². The van der Waals surface area contributed by atoms with Crippen molar-refractivity contribution in [3.05, 3.63) is 64.7 Å². The lowest BCUT2D eigenvalue weighted by atomic mass is 10.1. The Morgan fingerprint density at radius 3 is 2.58 bits per heavy atom. The van der Waals surface area contributed by atoms with Crippen molar-refractivity contribution in [2.24, 2.45) is 4.36 Å². The topological polar surface area (TPSA) is 105 Å². The van der Waals surface area contributed by atoms with Crippen LogP contribution in [0.5, 0.6) is 0 Å². The molecule has 0 saturated heterocycles. The minimum absolute atomic E-state index is 0.158. The van der Waals surface area contributed by atoms with Gasteiger partial charge in [-0.3, -0.25) is 9.59 Å². The number of aromatic amines is 1. The van der Waals surface area contributed by atoms with Crippen LogP contribution in [0.25, 0.3) is 10.8 Å². The molecule has 3 aromatic rings. The Hall–Kier alpha value is -2.87. The van der Waals surface area contributed by atoms with Crippen LogP contribution in [0.15, 0.2) is 62.8 Å². The highest BCUT2D eigenvalue weighted by atomic mass is 32.2. The zero-order chi connectivity index (χ0) is 17.2. The Morgan fingerprint density at radius 1 is 1.17 bits per heavy atom. The van der Waals surface area contributed by atoms with E-state index in [2.05, 4.69) is 19.5 Å². The molecule has 8 heteroatoms. The molecule has 0 aliphatic carbocycles. The molecule has 0 aliphatic heterocycles. The molecular weight excluding hydrogens is 328 g/mol. The van der Waals surface area contributed by atoms with Gasteiger partial charge in [0.25, 0.3) is 11.5 Å². The minimum Gasteiger partial charge on any atom is -0.271 e. The van der Waals surface area contributed by atoms with Crippen LogP contribution in [0, 0.1) is 0 Å². The van der Waals surface area contributed by atoms with Gasteiger partial charge in [-0.1, -0.05) is 24.3 Å². The van der Waals surface area contributed by atoms with Gasteiger partial charge in [0.1, 0.15) is 5.03 Å². The summed E-state index contributed by atoms with van der Waals surface area (Å²) in [6, 6.07) is 11.8. The van der Waals surface area contributed by atoms with E-state index in [1.807, 2.05) is 0 Å². The molecule has 0 spiro atoms. The number of carbonyl (C=O) groups excluding carboxylic acids is 1. The van der Waals surface area contributed by atoms with E-state index in [0.29, 0.717) is 16.5 Å². The highest BCUT2D eigenvalue weighted by Gasteiger charge is 2.14. The van der Waals surface area contributed by atoms with Crippen molar-refractivity contribution >= 4 is 26.4 Å². The summed E-state index contributed by atoms with van der Waals surface area (Å²) in [6.45, 7) is 0. The summed E-state index contributed by atoms with van der Waals surface area (Å²) >= 11 is 0. The van der Waals surface area contributed by atoms with E-state index >= 15 is 0 Å². The molecule has 1 atom stereocenters. The number of carbonyl (C=O) groups is 1. The fourth-order valence-corrected chi connectivity index (χ4v) is 3.43. The highest BCUT2D eigenvalue weighted by molar-refractivity contribution is 7.93. The van der Waals surface area contributed by atoms with Crippen molar-refractivity contribution in [3.8, 4) is 0 Å². The second-order valence-electron chi connectivity index (χ2n) is 5.18. The molecule has 122 valence electrons. The van der Waals surface area contributed by atoms with E-state index in [-0.39, 0.29) is 17.0 Å². The van der Waals surface area contributed by atoms with Gasteiger partial charge >= 0.3 is 0 Å². The van der Waals surface area contributed by atoms with Crippen LogP contribution < -0.4 is 5.56 Å². The molecule has 2 aromatic heterocycles. The van der Waals surface area contributed by atoms with E-state index in [1.54, 1.807) is 42.5 Å². The normalized spacial score (nSPS) is 13.4.